The lowest BCUT2D eigenvalue weighted by Crippen LogP contribution is -2.71. The molecule has 3 fully saturated rings. The molecule has 0 radical (unpaired) electrons. The molecule has 0 heterocycles. The summed E-state index contributed by atoms with van der Waals surface area (Å²) in [6.45, 7) is 5.59. The highest BCUT2D eigenvalue weighted by molar-refractivity contribution is 6.04. The van der Waals surface area contributed by atoms with Gasteiger partial charge in [0.1, 0.15) is 12.8 Å². The maximum atomic E-state index is 17.3. The van der Waals surface area contributed by atoms with E-state index in [2.05, 4.69) is 0 Å². The van der Waals surface area contributed by atoms with E-state index in [0.29, 0.717) is 6.42 Å². The number of halogens is 3. The molecule has 0 aromatic rings. The Balaban J connectivity index is 1.85. The molecular weight excluding hydrogens is 477 g/mol. The summed E-state index contributed by atoms with van der Waals surface area (Å²) in [6.07, 6.45) is -1.07. The first-order valence-corrected chi connectivity index (χ1v) is 12.8. The maximum absolute atomic E-state index is 17.3. The van der Waals surface area contributed by atoms with Gasteiger partial charge in [0.05, 0.1) is 6.10 Å². The lowest BCUT2D eigenvalue weighted by molar-refractivity contribution is -0.232. The van der Waals surface area contributed by atoms with Gasteiger partial charge >= 0.3 is 5.97 Å². The van der Waals surface area contributed by atoms with E-state index in [1.54, 1.807) is 13.8 Å². The van der Waals surface area contributed by atoms with Crippen LogP contribution >= 0.6 is 0 Å². The largest absolute Gasteiger partial charge is 0.450 e. The standard InChI is InChI=1S/C27H35F3O6/c1-5-6-7-21(35)36-27(20(34)13-31)14(2)10-15-16-11-17(28)22-23(29)18(32)8-9-24(22,3)26(16,30)19(33)12-25(15,27)4/h8-9,14-17,19,31,33H,5-7,10-13H2,1-4H3/t14-,15-,16-,17-,19-,24-,25-,26-,27-/m0/s1. The van der Waals surface area contributed by atoms with E-state index in [0.717, 1.165) is 18.6 Å². The Kier molecular flexibility index (Phi) is 6.60. The second-order valence-electron chi connectivity index (χ2n) is 11.5. The molecule has 4 aliphatic carbocycles. The van der Waals surface area contributed by atoms with Crippen LogP contribution in [-0.4, -0.2) is 57.9 Å². The van der Waals surface area contributed by atoms with E-state index in [1.807, 2.05) is 6.92 Å². The van der Waals surface area contributed by atoms with Crippen molar-refractivity contribution in [3.8, 4) is 0 Å². The molecule has 9 atom stereocenters. The molecule has 200 valence electrons. The van der Waals surface area contributed by atoms with Crippen LogP contribution in [-0.2, 0) is 19.1 Å². The average molecular weight is 513 g/mol. The number of unbranched alkanes of at least 4 members (excludes halogenated alkanes) is 1. The van der Waals surface area contributed by atoms with Crippen molar-refractivity contribution < 1.29 is 42.5 Å². The van der Waals surface area contributed by atoms with Crippen molar-refractivity contribution in [2.24, 2.45) is 28.6 Å². The Morgan fingerprint density at radius 2 is 1.89 bits per heavy atom. The number of Topliss-reactive ketones (excluding diaryl/α,β-unsaturated/α-hetero) is 1. The highest BCUT2D eigenvalue weighted by atomic mass is 19.2. The van der Waals surface area contributed by atoms with Gasteiger partial charge in [0.2, 0.25) is 11.6 Å². The molecule has 36 heavy (non-hydrogen) atoms. The third kappa shape index (κ3) is 3.20. The number of hydrogen-bond donors (Lipinski definition) is 2. The van der Waals surface area contributed by atoms with Crippen LogP contribution in [0.5, 0.6) is 0 Å². The number of esters is 1. The zero-order valence-corrected chi connectivity index (χ0v) is 21.2. The van der Waals surface area contributed by atoms with Gasteiger partial charge in [0.25, 0.3) is 0 Å². The molecule has 4 aliphatic rings. The smallest absolute Gasteiger partial charge is 0.306 e. The van der Waals surface area contributed by atoms with E-state index in [-0.39, 0.29) is 19.3 Å². The Labute approximate surface area is 209 Å². The first kappa shape index (κ1) is 27.0. The lowest BCUT2D eigenvalue weighted by atomic mass is 9.44. The van der Waals surface area contributed by atoms with Crippen molar-refractivity contribution in [3.63, 3.8) is 0 Å². The first-order chi connectivity index (χ1) is 16.8. The van der Waals surface area contributed by atoms with Crippen molar-refractivity contribution >= 4 is 17.5 Å². The third-order valence-corrected chi connectivity index (χ3v) is 9.81. The van der Waals surface area contributed by atoms with Crippen molar-refractivity contribution in [2.45, 2.75) is 89.8 Å². The summed E-state index contributed by atoms with van der Waals surface area (Å²) in [5.41, 5.74) is -8.18. The van der Waals surface area contributed by atoms with Gasteiger partial charge in [-0.1, -0.05) is 33.3 Å². The topological polar surface area (TPSA) is 101 Å². The molecule has 3 saturated carbocycles. The fourth-order valence-corrected chi connectivity index (χ4v) is 8.15. The fraction of sp³-hybridized carbons (Fsp3) is 0.741. The van der Waals surface area contributed by atoms with Crippen LogP contribution in [0, 0.1) is 28.6 Å². The van der Waals surface area contributed by atoms with E-state index in [1.165, 1.54) is 6.92 Å². The summed E-state index contributed by atoms with van der Waals surface area (Å²) in [5.74, 6) is -6.26. The fourth-order valence-electron chi connectivity index (χ4n) is 8.15. The number of hydrogen-bond acceptors (Lipinski definition) is 6. The Hall–Kier alpha value is -2.00. The molecule has 0 aliphatic heterocycles. The van der Waals surface area contributed by atoms with Gasteiger partial charge in [-0.3, -0.25) is 14.4 Å². The molecule has 0 unspecified atom stereocenters. The molecule has 0 aromatic heterocycles. The number of aliphatic hydroxyl groups is 2. The van der Waals surface area contributed by atoms with Gasteiger partial charge in [-0.15, -0.1) is 0 Å². The summed E-state index contributed by atoms with van der Waals surface area (Å²) in [7, 11) is 0. The van der Waals surface area contributed by atoms with Crippen LogP contribution in [0.2, 0.25) is 0 Å². The molecule has 2 N–H and O–H groups in total. The van der Waals surface area contributed by atoms with Crippen LogP contribution < -0.4 is 0 Å². The maximum Gasteiger partial charge on any atom is 0.306 e. The predicted octanol–water partition coefficient (Wildman–Crippen LogP) is 3.88. The SMILES string of the molecule is CCCCC(=O)O[C@]1(C(=O)CO)[C@@H](C)C[C@H]2[C@@H]3C[C@H](F)C4=C(F)C(=O)C=C[C@]4(C)[C@@]3(F)[C@@H](O)C[C@@]21C. The molecule has 0 bridgehead atoms. The van der Waals surface area contributed by atoms with Crippen LogP contribution in [0.4, 0.5) is 13.2 Å². The molecule has 0 aromatic carbocycles. The number of fused-ring (bicyclic) bond motifs is 5. The van der Waals surface area contributed by atoms with Crippen LogP contribution in [0.1, 0.15) is 66.2 Å². The quantitative estimate of drug-likeness (QED) is 0.524. The second-order valence-corrected chi connectivity index (χ2v) is 11.5. The Bertz CT molecular complexity index is 1040. The van der Waals surface area contributed by atoms with Gasteiger partial charge < -0.3 is 14.9 Å². The number of ether oxygens (including phenoxy) is 1. The normalized spacial score (nSPS) is 45.7. The van der Waals surface area contributed by atoms with Crippen molar-refractivity contribution in [2.75, 3.05) is 6.61 Å². The monoisotopic (exact) mass is 512 g/mol. The molecule has 4 rings (SSSR count). The molecule has 0 amide bonds. The average Bonchev–Trinajstić information content (AvgIpc) is 3.03. The Morgan fingerprint density at radius 3 is 2.50 bits per heavy atom. The molecule has 0 spiro atoms. The number of aliphatic hydroxyl groups excluding tert-OH is 2. The minimum absolute atomic E-state index is 0.0559. The van der Waals surface area contributed by atoms with Gasteiger partial charge in [0.15, 0.2) is 17.1 Å². The van der Waals surface area contributed by atoms with Crippen molar-refractivity contribution in [3.05, 3.63) is 23.6 Å². The van der Waals surface area contributed by atoms with Gasteiger partial charge in [0, 0.05) is 34.7 Å². The van der Waals surface area contributed by atoms with E-state index in [4.69, 9.17) is 4.74 Å². The summed E-state index contributed by atoms with van der Waals surface area (Å²) in [5, 5.41) is 21.3. The highest BCUT2D eigenvalue weighted by Crippen LogP contribution is 2.72. The summed E-state index contributed by atoms with van der Waals surface area (Å²) in [4.78, 5) is 38.1. The lowest BCUT2D eigenvalue weighted by Gasteiger charge is -2.63. The molecule has 0 saturated heterocycles. The summed E-state index contributed by atoms with van der Waals surface area (Å²) >= 11 is 0. The van der Waals surface area contributed by atoms with E-state index < -0.39 is 94.1 Å². The Morgan fingerprint density at radius 1 is 1.22 bits per heavy atom. The van der Waals surface area contributed by atoms with E-state index in [9.17, 15) is 29.0 Å². The van der Waals surface area contributed by atoms with Crippen LogP contribution in [0.3, 0.4) is 0 Å². The number of rotatable bonds is 6. The minimum Gasteiger partial charge on any atom is -0.450 e. The number of allylic oxidation sites excluding steroid dienone is 4. The van der Waals surface area contributed by atoms with E-state index >= 15 is 8.78 Å². The zero-order chi connectivity index (χ0) is 26.8. The summed E-state index contributed by atoms with van der Waals surface area (Å²) in [6, 6.07) is 0. The first-order valence-electron chi connectivity index (χ1n) is 12.8. The number of carbonyl (C=O) groups excluding carboxylic acids is 3. The van der Waals surface area contributed by atoms with Crippen LogP contribution in [0.25, 0.3) is 0 Å². The third-order valence-electron chi connectivity index (χ3n) is 9.81. The molecule has 9 heteroatoms. The molecule has 6 nitrogen and oxygen atoms in total. The van der Waals surface area contributed by atoms with Gasteiger partial charge in [-0.2, -0.15) is 0 Å². The van der Waals surface area contributed by atoms with Crippen molar-refractivity contribution in [1.29, 1.82) is 0 Å². The second kappa shape index (κ2) is 8.79. The number of carbonyl (C=O) groups is 3. The number of ketones is 2. The molecular formula is C27H35F3O6. The number of alkyl halides is 2. The van der Waals surface area contributed by atoms with Crippen LogP contribution in [0.15, 0.2) is 23.6 Å². The summed E-state index contributed by atoms with van der Waals surface area (Å²) < 4.78 is 53.6. The highest BCUT2D eigenvalue weighted by Gasteiger charge is 2.78. The predicted molar refractivity (Wildman–Crippen MR) is 124 cm³/mol. The van der Waals surface area contributed by atoms with Gasteiger partial charge in [-0.25, -0.2) is 13.2 Å². The zero-order valence-electron chi connectivity index (χ0n) is 21.2. The van der Waals surface area contributed by atoms with Gasteiger partial charge in [-0.05, 0) is 44.6 Å². The minimum atomic E-state index is -2.53. The van der Waals surface area contributed by atoms with Crippen molar-refractivity contribution in [1.82, 2.24) is 0 Å².